The normalized spacial score (nSPS) is 13.4. The van der Waals surface area contributed by atoms with E-state index in [1.807, 2.05) is 17.9 Å². The van der Waals surface area contributed by atoms with Gasteiger partial charge in [0.05, 0.1) is 5.56 Å². The predicted octanol–water partition coefficient (Wildman–Crippen LogP) is 2.00. The summed E-state index contributed by atoms with van der Waals surface area (Å²) in [6, 6.07) is 5.24. The van der Waals surface area contributed by atoms with Crippen LogP contribution in [0.4, 0.5) is 5.95 Å². The second kappa shape index (κ2) is 4.35. The number of anilines is 1. The molecule has 5 heteroatoms. The Balaban J connectivity index is 1.87. The third-order valence-corrected chi connectivity index (χ3v) is 3.23. The van der Waals surface area contributed by atoms with Gasteiger partial charge in [0.2, 0.25) is 5.95 Å². The van der Waals surface area contributed by atoms with Gasteiger partial charge in [0.1, 0.15) is 0 Å². The van der Waals surface area contributed by atoms with Crippen molar-refractivity contribution in [2.24, 2.45) is 0 Å². The molecule has 0 radical (unpaired) electrons. The minimum Gasteiger partial charge on any atom is -0.478 e. The molecule has 96 valence electrons. The fourth-order valence-electron chi connectivity index (χ4n) is 2.22. The molecule has 3 rings (SSSR count). The Kier molecular flexibility index (Phi) is 2.67. The van der Waals surface area contributed by atoms with Crippen molar-refractivity contribution in [1.82, 2.24) is 9.97 Å². The number of aryl methyl sites for hydroxylation is 1. The Hall–Kier alpha value is -2.43. The lowest BCUT2D eigenvalue weighted by Gasteiger charge is -2.14. The van der Waals surface area contributed by atoms with Gasteiger partial charge in [-0.25, -0.2) is 14.8 Å². The Morgan fingerprint density at radius 1 is 1.21 bits per heavy atom. The number of fused-ring (bicyclic) bond motifs is 1. The second-order valence-electron chi connectivity index (χ2n) is 4.71. The average molecular weight is 255 g/mol. The highest BCUT2D eigenvalue weighted by molar-refractivity contribution is 5.88. The number of rotatable bonds is 2. The van der Waals surface area contributed by atoms with Gasteiger partial charge in [-0.2, -0.15) is 0 Å². The lowest BCUT2D eigenvalue weighted by atomic mass is 10.1. The van der Waals surface area contributed by atoms with E-state index in [1.165, 1.54) is 0 Å². The van der Waals surface area contributed by atoms with Gasteiger partial charge < -0.3 is 10.0 Å². The van der Waals surface area contributed by atoms with Crippen LogP contribution in [0.25, 0.3) is 0 Å². The number of nitrogens with zero attached hydrogens (tertiary/aromatic N) is 3. The summed E-state index contributed by atoms with van der Waals surface area (Å²) in [5.41, 5.74) is 3.51. The topological polar surface area (TPSA) is 66.3 Å². The fraction of sp³-hybridized carbons (Fsp3) is 0.214. The maximum Gasteiger partial charge on any atom is 0.335 e. The molecule has 2 heterocycles. The van der Waals surface area contributed by atoms with Crippen LogP contribution >= 0.6 is 0 Å². The van der Waals surface area contributed by atoms with Gasteiger partial charge in [-0.15, -0.1) is 0 Å². The van der Waals surface area contributed by atoms with Crippen molar-refractivity contribution < 1.29 is 9.90 Å². The minimum absolute atomic E-state index is 0.324. The van der Waals surface area contributed by atoms with Crippen LogP contribution in [-0.2, 0) is 13.1 Å². The van der Waals surface area contributed by atoms with Crippen LogP contribution in [0.3, 0.4) is 0 Å². The first-order chi connectivity index (χ1) is 9.13. The van der Waals surface area contributed by atoms with E-state index in [2.05, 4.69) is 9.97 Å². The van der Waals surface area contributed by atoms with Gasteiger partial charge in [0, 0.05) is 25.5 Å². The van der Waals surface area contributed by atoms with E-state index in [9.17, 15) is 4.79 Å². The van der Waals surface area contributed by atoms with Gasteiger partial charge in [0.25, 0.3) is 0 Å². The van der Waals surface area contributed by atoms with Crippen molar-refractivity contribution in [3.63, 3.8) is 0 Å². The van der Waals surface area contributed by atoms with Crippen LogP contribution in [0.15, 0.2) is 30.6 Å². The molecule has 0 bridgehead atoms. The number of hydrogen-bond donors (Lipinski definition) is 1. The molecule has 5 nitrogen and oxygen atoms in total. The molecule has 0 saturated heterocycles. The molecule has 0 unspecified atom stereocenters. The molecule has 0 saturated carbocycles. The number of carboxylic acid groups (broad SMARTS) is 1. The Morgan fingerprint density at radius 2 is 1.89 bits per heavy atom. The third-order valence-electron chi connectivity index (χ3n) is 3.23. The largest absolute Gasteiger partial charge is 0.478 e. The van der Waals surface area contributed by atoms with E-state index in [1.54, 1.807) is 24.5 Å². The molecule has 1 aliphatic heterocycles. The van der Waals surface area contributed by atoms with E-state index < -0.39 is 5.97 Å². The Morgan fingerprint density at radius 3 is 2.58 bits per heavy atom. The summed E-state index contributed by atoms with van der Waals surface area (Å²) in [4.78, 5) is 21.6. The van der Waals surface area contributed by atoms with E-state index in [0.29, 0.717) is 18.1 Å². The van der Waals surface area contributed by atoms with E-state index in [0.717, 1.165) is 23.2 Å². The highest BCUT2D eigenvalue weighted by atomic mass is 16.4. The van der Waals surface area contributed by atoms with Gasteiger partial charge >= 0.3 is 5.97 Å². The van der Waals surface area contributed by atoms with E-state index >= 15 is 0 Å². The van der Waals surface area contributed by atoms with Crippen LogP contribution in [-0.4, -0.2) is 21.0 Å². The number of hydrogen-bond acceptors (Lipinski definition) is 4. The number of aromatic nitrogens is 2. The minimum atomic E-state index is -0.896. The van der Waals surface area contributed by atoms with E-state index in [-0.39, 0.29) is 0 Å². The summed E-state index contributed by atoms with van der Waals surface area (Å²) in [6.07, 6.45) is 3.57. The van der Waals surface area contributed by atoms with Crippen molar-refractivity contribution in [3.05, 3.63) is 52.8 Å². The number of benzene rings is 1. The summed E-state index contributed by atoms with van der Waals surface area (Å²) < 4.78 is 0. The summed E-state index contributed by atoms with van der Waals surface area (Å²) in [6.45, 7) is 3.32. The lowest BCUT2D eigenvalue weighted by Crippen LogP contribution is -2.17. The van der Waals surface area contributed by atoms with Crippen LogP contribution in [0.1, 0.15) is 27.0 Å². The van der Waals surface area contributed by atoms with Crippen molar-refractivity contribution >= 4 is 11.9 Å². The molecule has 2 aromatic rings. The first-order valence-corrected chi connectivity index (χ1v) is 6.02. The molecular weight excluding hydrogens is 242 g/mol. The van der Waals surface area contributed by atoms with Crippen molar-refractivity contribution in [2.45, 2.75) is 20.0 Å². The van der Waals surface area contributed by atoms with Crippen LogP contribution in [0.5, 0.6) is 0 Å². The summed E-state index contributed by atoms with van der Waals surface area (Å²) in [5, 5.41) is 8.99. The first-order valence-electron chi connectivity index (χ1n) is 6.02. The van der Waals surface area contributed by atoms with Crippen LogP contribution in [0, 0.1) is 6.92 Å². The molecule has 19 heavy (non-hydrogen) atoms. The highest BCUT2D eigenvalue weighted by Crippen LogP contribution is 2.26. The maximum atomic E-state index is 11.0. The molecule has 0 amide bonds. The zero-order valence-corrected chi connectivity index (χ0v) is 10.5. The highest BCUT2D eigenvalue weighted by Gasteiger charge is 2.22. The lowest BCUT2D eigenvalue weighted by molar-refractivity contribution is 0.0697. The van der Waals surface area contributed by atoms with Gasteiger partial charge in [-0.3, -0.25) is 0 Å². The third kappa shape index (κ3) is 2.14. The monoisotopic (exact) mass is 255 g/mol. The Labute approximate surface area is 110 Å². The van der Waals surface area contributed by atoms with Gasteiger partial charge in [-0.1, -0.05) is 6.07 Å². The average Bonchev–Trinajstić information content (AvgIpc) is 2.82. The Bertz CT molecular complexity index is 638. The first kappa shape index (κ1) is 11.6. The molecule has 0 spiro atoms. The van der Waals surface area contributed by atoms with Crippen LogP contribution < -0.4 is 4.90 Å². The molecule has 1 aromatic carbocycles. The van der Waals surface area contributed by atoms with Crippen molar-refractivity contribution in [2.75, 3.05) is 4.90 Å². The number of carboxylic acids is 1. The van der Waals surface area contributed by atoms with E-state index in [4.69, 9.17) is 5.11 Å². The second-order valence-corrected chi connectivity index (χ2v) is 4.71. The molecular formula is C14H13N3O2. The summed E-state index contributed by atoms with van der Waals surface area (Å²) in [7, 11) is 0. The standard InChI is InChI=1S/C14H13N3O2/c1-9-5-15-14(16-6-9)17-7-11-3-2-10(13(18)19)4-12(11)8-17/h2-6H,7-8H2,1H3,(H,18,19). The van der Waals surface area contributed by atoms with Crippen molar-refractivity contribution in [1.29, 1.82) is 0 Å². The number of carbonyl (C=O) groups is 1. The smallest absolute Gasteiger partial charge is 0.335 e. The molecule has 1 N–H and O–H groups in total. The predicted molar refractivity (Wildman–Crippen MR) is 70.1 cm³/mol. The van der Waals surface area contributed by atoms with Crippen LogP contribution in [0.2, 0.25) is 0 Å². The quantitative estimate of drug-likeness (QED) is 0.889. The molecule has 1 aliphatic rings. The fourth-order valence-corrected chi connectivity index (χ4v) is 2.22. The summed E-state index contributed by atoms with van der Waals surface area (Å²) >= 11 is 0. The zero-order chi connectivity index (χ0) is 13.4. The van der Waals surface area contributed by atoms with Gasteiger partial charge in [0.15, 0.2) is 0 Å². The molecule has 1 aromatic heterocycles. The SMILES string of the molecule is Cc1cnc(N2Cc3ccc(C(=O)O)cc3C2)nc1. The molecule has 0 aliphatic carbocycles. The van der Waals surface area contributed by atoms with Crippen molar-refractivity contribution in [3.8, 4) is 0 Å². The summed E-state index contributed by atoms with van der Waals surface area (Å²) in [5.74, 6) is -0.216. The number of aromatic carboxylic acids is 1. The molecule has 0 fully saturated rings. The molecule has 0 atom stereocenters. The maximum absolute atomic E-state index is 11.0. The van der Waals surface area contributed by atoms with Gasteiger partial charge in [-0.05, 0) is 35.7 Å². The zero-order valence-electron chi connectivity index (χ0n) is 10.5.